The minimum absolute atomic E-state index is 0.0743. The van der Waals surface area contributed by atoms with E-state index >= 15 is 0 Å². The van der Waals surface area contributed by atoms with Gasteiger partial charge in [-0.25, -0.2) is 5.43 Å². The van der Waals surface area contributed by atoms with E-state index in [0.717, 1.165) is 6.07 Å². The molecule has 0 aliphatic rings. The Bertz CT molecular complexity index is 1280. The summed E-state index contributed by atoms with van der Waals surface area (Å²) in [7, 11) is -4.35. The van der Waals surface area contributed by atoms with E-state index in [1.807, 2.05) is 0 Å². The van der Waals surface area contributed by atoms with Crippen LogP contribution in [0.4, 0.5) is 5.69 Å². The van der Waals surface area contributed by atoms with Crippen LogP contribution < -0.4 is 9.61 Å². The van der Waals surface area contributed by atoms with Crippen LogP contribution in [-0.2, 0) is 10.1 Å². The van der Waals surface area contributed by atoms with Crippen LogP contribution in [0.5, 0.6) is 5.75 Å². The minimum atomic E-state index is -4.35. The zero-order valence-electron chi connectivity index (χ0n) is 15.6. The topological polar surface area (TPSA) is 128 Å². The number of nitrogens with one attached hydrogen (secondary N) is 1. The van der Waals surface area contributed by atoms with Crippen molar-refractivity contribution >= 4 is 39.5 Å². The van der Waals surface area contributed by atoms with Gasteiger partial charge in [-0.15, -0.1) is 0 Å². The van der Waals surface area contributed by atoms with Crippen molar-refractivity contribution in [3.05, 3.63) is 99.1 Å². The lowest BCUT2D eigenvalue weighted by Crippen LogP contribution is -2.17. The van der Waals surface area contributed by atoms with Gasteiger partial charge in [0.15, 0.2) is 5.75 Å². The van der Waals surface area contributed by atoms with Crippen LogP contribution in [0.1, 0.15) is 15.9 Å². The molecular weight excluding hydrogens is 446 g/mol. The van der Waals surface area contributed by atoms with Gasteiger partial charge in [0.2, 0.25) is 0 Å². The number of amides is 1. The lowest BCUT2D eigenvalue weighted by atomic mass is 10.2. The normalized spacial score (nSPS) is 11.3. The Morgan fingerprint density at radius 1 is 1.06 bits per heavy atom. The van der Waals surface area contributed by atoms with Gasteiger partial charge < -0.3 is 4.18 Å². The van der Waals surface area contributed by atoms with Gasteiger partial charge in [0.05, 0.1) is 11.1 Å². The number of hydrogen-bond acceptors (Lipinski definition) is 7. The molecule has 3 aromatic carbocycles. The van der Waals surface area contributed by atoms with Crippen molar-refractivity contribution in [3.8, 4) is 5.75 Å². The second-order valence-corrected chi connectivity index (χ2v) is 8.02. The molecule has 0 saturated carbocycles. The number of nitro groups is 1. The number of hydrazone groups is 1. The number of rotatable bonds is 7. The van der Waals surface area contributed by atoms with Gasteiger partial charge in [-0.05, 0) is 36.4 Å². The summed E-state index contributed by atoms with van der Waals surface area (Å²) in [5.41, 5.74) is 2.47. The van der Waals surface area contributed by atoms with Crippen LogP contribution in [0.2, 0.25) is 5.02 Å². The smallest absolute Gasteiger partial charge is 0.339 e. The average molecular weight is 460 g/mol. The lowest BCUT2D eigenvalue weighted by Gasteiger charge is -2.09. The second kappa shape index (κ2) is 9.37. The number of carbonyl (C=O) groups is 1. The van der Waals surface area contributed by atoms with E-state index in [0.29, 0.717) is 10.6 Å². The van der Waals surface area contributed by atoms with Crippen molar-refractivity contribution in [2.24, 2.45) is 5.10 Å². The molecule has 0 fully saturated rings. The first kappa shape index (κ1) is 21.9. The highest BCUT2D eigenvalue weighted by Gasteiger charge is 2.21. The van der Waals surface area contributed by atoms with Crippen LogP contribution in [-0.4, -0.2) is 25.5 Å². The van der Waals surface area contributed by atoms with Gasteiger partial charge >= 0.3 is 10.1 Å². The zero-order chi connectivity index (χ0) is 22.4. The zero-order valence-corrected chi connectivity index (χ0v) is 17.2. The Balaban J connectivity index is 1.79. The van der Waals surface area contributed by atoms with E-state index in [2.05, 4.69) is 10.5 Å². The summed E-state index contributed by atoms with van der Waals surface area (Å²) in [5.74, 6) is -0.587. The first-order valence-electron chi connectivity index (χ1n) is 8.63. The highest BCUT2D eigenvalue weighted by atomic mass is 35.5. The summed E-state index contributed by atoms with van der Waals surface area (Å²) in [6.07, 6.45) is 1.21. The van der Waals surface area contributed by atoms with E-state index in [-0.39, 0.29) is 21.9 Å². The van der Waals surface area contributed by atoms with Crippen LogP contribution in [0.25, 0.3) is 0 Å². The SMILES string of the molecule is O=C(N/N=C\c1ccccc1OS(=O)(=O)c1cccc([N+](=O)[O-])c1)c1cccc(Cl)c1. The Morgan fingerprint density at radius 2 is 1.81 bits per heavy atom. The van der Waals surface area contributed by atoms with Gasteiger partial charge in [-0.2, -0.15) is 13.5 Å². The van der Waals surface area contributed by atoms with Gasteiger partial charge in [-0.3, -0.25) is 14.9 Å². The third-order valence-electron chi connectivity index (χ3n) is 3.89. The van der Waals surface area contributed by atoms with Crippen molar-refractivity contribution in [2.75, 3.05) is 0 Å². The number of hydrogen-bond donors (Lipinski definition) is 1. The fraction of sp³-hybridized carbons (Fsp3) is 0. The van der Waals surface area contributed by atoms with Crippen molar-refractivity contribution in [3.63, 3.8) is 0 Å². The van der Waals surface area contributed by atoms with Crippen LogP contribution in [0.15, 0.2) is 82.8 Å². The molecule has 9 nitrogen and oxygen atoms in total. The van der Waals surface area contributed by atoms with Gasteiger partial charge in [0.25, 0.3) is 11.6 Å². The maximum atomic E-state index is 12.6. The summed E-state index contributed by atoms with van der Waals surface area (Å²) in [6, 6.07) is 16.8. The van der Waals surface area contributed by atoms with Crippen LogP contribution in [0, 0.1) is 10.1 Å². The fourth-order valence-corrected chi connectivity index (χ4v) is 3.62. The third-order valence-corrected chi connectivity index (χ3v) is 5.36. The average Bonchev–Trinajstić information content (AvgIpc) is 2.74. The maximum Gasteiger partial charge on any atom is 0.339 e. The number of benzene rings is 3. The molecule has 0 unspecified atom stereocenters. The van der Waals surface area contributed by atoms with E-state index in [1.165, 1.54) is 42.6 Å². The minimum Gasteiger partial charge on any atom is -0.378 e. The molecule has 3 aromatic rings. The quantitative estimate of drug-likeness (QED) is 0.248. The monoisotopic (exact) mass is 459 g/mol. The molecule has 0 bridgehead atoms. The molecule has 1 N–H and O–H groups in total. The molecule has 0 aliphatic heterocycles. The van der Waals surface area contributed by atoms with Crippen molar-refractivity contribution < 1.29 is 22.3 Å². The second-order valence-electron chi connectivity index (χ2n) is 6.04. The first-order valence-corrected chi connectivity index (χ1v) is 10.4. The Morgan fingerprint density at radius 3 is 2.55 bits per heavy atom. The Labute approximate surface area is 182 Å². The van der Waals surface area contributed by atoms with Crippen LogP contribution in [0.3, 0.4) is 0 Å². The summed E-state index contributed by atoms with van der Waals surface area (Å²) in [5, 5.41) is 15.1. The summed E-state index contributed by atoms with van der Waals surface area (Å²) in [6.45, 7) is 0. The molecule has 1 amide bonds. The maximum absolute atomic E-state index is 12.6. The molecule has 0 aliphatic carbocycles. The molecule has 0 aromatic heterocycles. The number of nitro benzene ring substituents is 1. The van der Waals surface area contributed by atoms with Crippen molar-refractivity contribution in [1.29, 1.82) is 0 Å². The number of non-ortho nitro benzene ring substituents is 1. The molecule has 3 rings (SSSR count). The molecule has 0 radical (unpaired) electrons. The molecule has 0 atom stereocenters. The molecule has 11 heteroatoms. The van der Waals surface area contributed by atoms with E-state index in [9.17, 15) is 23.3 Å². The van der Waals surface area contributed by atoms with Crippen LogP contribution >= 0.6 is 11.6 Å². The molecule has 31 heavy (non-hydrogen) atoms. The molecule has 0 saturated heterocycles. The lowest BCUT2D eigenvalue weighted by molar-refractivity contribution is -0.385. The first-order chi connectivity index (χ1) is 14.8. The van der Waals surface area contributed by atoms with Gasteiger partial charge in [-0.1, -0.05) is 35.9 Å². The van der Waals surface area contributed by atoms with Gasteiger partial charge in [0.1, 0.15) is 4.90 Å². The van der Waals surface area contributed by atoms with E-state index < -0.39 is 20.9 Å². The predicted molar refractivity (Wildman–Crippen MR) is 114 cm³/mol. The summed E-state index contributed by atoms with van der Waals surface area (Å²) < 4.78 is 30.3. The highest BCUT2D eigenvalue weighted by Crippen LogP contribution is 2.24. The number of nitrogens with zero attached hydrogens (tertiary/aromatic N) is 2. The highest BCUT2D eigenvalue weighted by molar-refractivity contribution is 7.87. The van der Waals surface area contributed by atoms with Crippen molar-refractivity contribution in [1.82, 2.24) is 5.43 Å². The summed E-state index contributed by atoms with van der Waals surface area (Å²) in [4.78, 5) is 21.9. The number of para-hydroxylation sites is 1. The molecule has 158 valence electrons. The Kier molecular flexibility index (Phi) is 6.63. The molecular formula is C20H14ClN3O6S. The predicted octanol–water partition coefficient (Wildman–Crippen LogP) is 3.78. The third kappa shape index (κ3) is 5.65. The molecule has 0 spiro atoms. The van der Waals surface area contributed by atoms with Gasteiger partial charge in [0, 0.05) is 28.3 Å². The molecule has 0 heterocycles. The van der Waals surface area contributed by atoms with E-state index in [1.54, 1.807) is 30.3 Å². The Hall–Kier alpha value is -3.76. The number of halogens is 1. The summed E-state index contributed by atoms with van der Waals surface area (Å²) >= 11 is 5.85. The van der Waals surface area contributed by atoms with E-state index in [4.69, 9.17) is 15.8 Å². The standard InChI is InChI=1S/C20H14ClN3O6S/c21-16-7-3-6-14(11-16)20(25)23-22-13-15-5-1-2-10-19(15)30-31(28,29)18-9-4-8-17(12-18)24(26)27/h1-13H,(H,23,25)/b22-13-. The van der Waals surface area contributed by atoms with Crippen molar-refractivity contribution in [2.45, 2.75) is 4.90 Å². The largest absolute Gasteiger partial charge is 0.378 e. The fourth-order valence-electron chi connectivity index (χ4n) is 2.44. The number of carbonyl (C=O) groups excluding carboxylic acids is 1.